The van der Waals surface area contributed by atoms with Gasteiger partial charge in [-0.1, -0.05) is 12.1 Å². The Labute approximate surface area is 120 Å². The van der Waals surface area contributed by atoms with Crippen LogP contribution in [0.4, 0.5) is 5.82 Å². The average molecular weight is 286 g/mol. The molecule has 1 aromatic carbocycles. The Hall–Kier alpha value is -2.21. The number of hydrogen-bond donors (Lipinski definition) is 2. The van der Waals surface area contributed by atoms with Gasteiger partial charge in [0.05, 0.1) is 5.51 Å². The number of nitrogens with one attached hydrogen (secondary N) is 1. The number of aromatic hydroxyl groups is 1. The summed E-state index contributed by atoms with van der Waals surface area (Å²) in [6.07, 6.45) is 2.39. The lowest BCUT2D eigenvalue weighted by molar-refractivity contribution is 0.475. The van der Waals surface area contributed by atoms with Crippen LogP contribution < -0.4 is 5.32 Å². The lowest BCUT2D eigenvalue weighted by Crippen LogP contribution is -2.19. The normalized spacial score (nSPS) is 12.4. The van der Waals surface area contributed by atoms with Crippen molar-refractivity contribution in [3.05, 3.63) is 41.7 Å². The van der Waals surface area contributed by atoms with Crippen LogP contribution in [0.2, 0.25) is 0 Å². The summed E-state index contributed by atoms with van der Waals surface area (Å²) in [4.78, 5) is 13.6. The van der Waals surface area contributed by atoms with Crippen LogP contribution in [-0.2, 0) is 6.42 Å². The maximum Gasteiger partial charge on any atom is 0.157 e. The fourth-order valence-electron chi connectivity index (χ4n) is 2.07. The lowest BCUT2D eigenvalue weighted by atomic mass is 10.1. The molecule has 1 unspecified atom stereocenters. The number of aromatic nitrogens is 3. The van der Waals surface area contributed by atoms with E-state index in [1.54, 1.807) is 24.0 Å². The van der Waals surface area contributed by atoms with Crippen molar-refractivity contribution in [1.29, 1.82) is 0 Å². The summed E-state index contributed by atoms with van der Waals surface area (Å²) in [7, 11) is 0. The van der Waals surface area contributed by atoms with E-state index in [0.717, 1.165) is 28.1 Å². The number of phenols is 1. The summed E-state index contributed by atoms with van der Waals surface area (Å²) in [6, 6.07) is 7.45. The molecule has 2 heterocycles. The van der Waals surface area contributed by atoms with E-state index in [9.17, 15) is 5.11 Å². The summed E-state index contributed by atoms with van der Waals surface area (Å²) in [6.45, 7) is 2.09. The van der Waals surface area contributed by atoms with Gasteiger partial charge in [0.25, 0.3) is 0 Å². The van der Waals surface area contributed by atoms with Crippen LogP contribution in [0.15, 0.2) is 36.1 Å². The van der Waals surface area contributed by atoms with Gasteiger partial charge in [0.15, 0.2) is 5.82 Å². The van der Waals surface area contributed by atoms with Gasteiger partial charge < -0.3 is 10.4 Å². The molecule has 2 aromatic heterocycles. The Morgan fingerprint density at radius 3 is 2.80 bits per heavy atom. The molecule has 102 valence electrons. The molecule has 3 aromatic rings. The van der Waals surface area contributed by atoms with Crippen molar-refractivity contribution in [2.45, 2.75) is 19.4 Å². The monoisotopic (exact) mass is 286 g/mol. The van der Waals surface area contributed by atoms with Crippen LogP contribution in [0.5, 0.6) is 5.75 Å². The first-order chi connectivity index (χ1) is 9.72. The Bertz CT molecular complexity index is 711. The van der Waals surface area contributed by atoms with Crippen molar-refractivity contribution in [2.24, 2.45) is 0 Å². The second-order valence-corrected chi connectivity index (χ2v) is 5.48. The minimum absolute atomic E-state index is 0.208. The average Bonchev–Trinajstić information content (AvgIpc) is 2.91. The number of hydrogen-bond acceptors (Lipinski definition) is 6. The fraction of sp³-hybridized carbons (Fsp3) is 0.214. The van der Waals surface area contributed by atoms with Gasteiger partial charge in [0.1, 0.15) is 22.4 Å². The van der Waals surface area contributed by atoms with Crippen LogP contribution >= 0.6 is 11.3 Å². The standard InChI is InChI=1S/C14H14N4OS/c1-9(6-10-2-4-11(19)5-3-10)18-13-12-14(16-7-15-13)20-8-17-12/h2-5,7-9,19H,6H2,1H3,(H,15,16,18). The summed E-state index contributed by atoms with van der Waals surface area (Å²) < 4.78 is 0. The summed E-state index contributed by atoms with van der Waals surface area (Å²) in [5.74, 6) is 1.05. The van der Waals surface area contributed by atoms with Crippen molar-refractivity contribution in [1.82, 2.24) is 15.0 Å². The molecule has 0 bridgehead atoms. The Kier molecular flexibility index (Phi) is 3.47. The molecule has 5 nitrogen and oxygen atoms in total. The third-order valence-corrected chi connectivity index (χ3v) is 3.73. The van der Waals surface area contributed by atoms with E-state index in [4.69, 9.17) is 0 Å². The van der Waals surface area contributed by atoms with E-state index < -0.39 is 0 Å². The van der Waals surface area contributed by atoms with Gasteiger partial charge in [-0.3, -0.25) is 0 Å². The Morgan fingerprint density at radius 2 is 2.00 bits per heavy atom. The largest absolute Gasteiger partial charge is 0.508 e. The van der Waals surface area contributed by atoms with E-state index in [1.165, 1.54) is 11.3 Å². The first-order valence-corrected chi connectivity index (χ1v) is 7.19. The smallest absolute Gasteiger partial charge is 0.157 e. The second kappa shape index (κ2) is 5.42. The molecule has 20 heavy (non-hydrogen) atoms. The molecule has 2 N–H and O–H groups in total. The fourth-order valence-corrected chi connectivity index (χ4v) is 2.70. The van der Waals surface area contributed by atoms with Gasteiger partial charge in [-0.25, -0.2) is 15.0 Å². The zero-order chi connectivity index (χ0) is 13.9. The third-order valence-electron chi connectivity index (χ3n) is 3.00. The van der Waals surface area contributed by atoms with Crippen LogP contribution in [0, 0.1) is 0 Å². The summed E-state index contributed by atoms with van der Waals surface area (Å²) >= 11 is 1.50. The van der Waals surface area contributed by atoms with Crippen LogP contribution in [0.25, 0.3) is 10.3 Å². The molecule has 0 aliphatic rings. The van der Waals surface area contributed by atoms with E-state index in [2.05, 4.69) is 27.2 Å². The van der Waals surface area contributed by atoms with Crippen molar-refractivity contribution in [3.63, 3.8) is 0 Å². The van der Waals surface area contributed by atoms with Gasteiger partial charge in [-0.15, -0.1) is 11.3 Å². The topological polar surface area (TPSA) is 70.9 Å². The minimum Gasteiger partial charge on any atom is -0.508 e. The molecular weight excluding hydrogens is 272 g/mol. The molecule has 0 aliphatic carbocycles. The number of benzene rings is 1. The molecule has 0 amide bonds. The second-order valence-electron chi connectivity index (χ2n) is 4.64. The highest BCUT2D eigenvalue weighted by Crippen LogP contribution is 2.21. The maximum atomic E-state index is 9.28. The molecular formula is C14H14N4OS. The number of phenolic OH excluding ortho intramolecular Hbond substituents is 1. The molecule has 3 rings (SSSR count). The highest BCUT2D eigenvalue weighted by atomic mass is 32.1. The minimum atomic E-state index is 0.208. The van der Waals surface area contributed by atoms with E-state index in [-0.39, 0.29) is 11.8 Å². The predicted octanol–water partition coefficient (Wildman–Crippen LogP) is 2.84. The van der Waals surface area contributed by atoms with Gasteiger partial charge >= 0.3 is 0 Å². The lowest BCUT2D eigenvalue weighted by Gasteiger charge is -2.14. The van der Waals surface area contributed by atoms with E-state index in [0.29, 0.717) is 0 Å². The molecule has 6 heteroatoms. The van der Waals surface area contributed by atoms with Gasteiger partial charge in [0, 0.05) is 6.04 Å². The highest BCUT2D eigenvalue weighted by Gasteiger charge is 2.10. The molecule has 0 radical (unpaired) electrons. The Balaban J connectivity index is 1.74. The third kappa shape index (κ3) is 2.70. The van der Waals surface area contributed by atoms with Crippen LogP contribution in [0.1, 0.15) is 12.5 Å². The van der Waals surface area contributed by atoms with Crippen molar-refractivity contribution in [2.75, 3.05) is 5.32 Å². The van der Waals surface area contributed by atoms with E-state index >= 15 is 0 Å². The quantitative estimate of drug-likeness (QED) is 0.771. The molecule has 0 aliphatic heterocycles. The van der Waals surface area contributed by atoms with Gasteiger partial charge in [-0.05, 0) is 31.0 Å². The summed E-state index contributed by atoms with van der Waals surface area (Å²) in [5.41, 5.74) is 3.75. The van der Waals surface area contributed by atoms with Gasteiger partial charge in [-0.2, -0.15) is 0 Å². The van der Waals surface area contributed by atoms with Crippen molar-refractivity contribution in [3.8, 4) is 5.75 Å². The van der Waals surface area contributed by atoms with Gasteiger partial charge in [0.2, 0.25) is 0 Å². The zero-order valence-electron chi connectivity index (χ0n) is 10.9. The summed E-state index contributed by atoms with van der Waals surface area (Å²) in [5, 5.41) is 12.6. The zero-order valence-corrected chi connectivity index (χ0v) is 11.8. The molecule has 0 saturated carbocycles. The molecule has 0 fully saturated rings. The number of anilines is 1. The number of nitrogens with zero attached hydrogens (tertiary/aromatic N) is 3. The molecule has 1 atom stereocenters. The van der Waals surface area contributed by atoms with Crippen LogP contribution in [0.3, 0.4) is 0 Å². The SMILES string of the molecule is CC(Cc1ccc(O)cc1)Nc1ncnc2scnc12. The molecule has 0 spiro atoms. The maximum absolute atomic E-state index is 9.28. The van der Waals surface area contributed by atoms with Crippen molar-refractivity contribution >= 4 is 27.5 Å². The number of thiazole rings is 1. The predicted molar refractivity (Wildman–Crippen MR) is 80.1 cm³/mol. The van der Waals surface area contributed by atoms with E-state index in [1.807, 2.05) is 12.1 Å². The Morgan fingerprint density at radius 1 is 1.20 bits per heavy atom. The first kappa shape index (κ1) is 12.8. The number of rotatable bonds is 4. The number of fused-ring (bicyclic) bond motifs is 1. The first-order valence-electron chi connectivity index (χ1n) is 6.31. The van der Waals surface area contributed by atoms with Crippen molar-refractivity contribution < 1.29 is 5.11 Å². The molecule has 0 saturated heterocycles. The highest BCUT2D eigenvalue weighted by molar-refractivity contribution is 7.16. The van der Waals surface area contributed by atoms with Crippen LogP contribution in [-0.4, -0.2) is 26.1 Å².